The van der Waals surface area contributed by atoms with Crippen LogP contribution in [0, 0.1) is 0 Å². The fourth-order valence-electron chi connectivity index (χ4n) is 2.24. The van der Waals surface area contributed by atoms with Crippen LogP contribution in [0.25, 0.3) is 0 Å². The molecule has 0 aliphatic heterocycles. The van der Waals surface area contributed by atoms with E-state index in [1.54, 1.807) is 7.11 Å². The van der Waals surface area contributed by atoms with Gasteiger partial charge in [-0.2, -0.15) is 0 Å². The highest BCUT2D eigenvalue weighted by atomic mass is 16.5. The van der Waals surface area contributed by atoms with Crippen LogP contribution >= 0.6 is 0 Å². The number of ether oxygens (including phenoxy) is 1. The fraction of sp³-hybridized carbons (Fsp3) is 0.562. The maximum atomic E-state index is 12.1. The zero-order valence-corrected chi connectivity index (χ0v) is 11.5. The largest absolute Gasteiger partial charge is 0.378 e. The van der Waals surface area contributed by atoms with Gasteiger partial charge in [-0.05, 0) is 38.2 Å². The van der Waals surface area contributed by atoms with Gasteiger partial charge >= 0.3 is 0 Å². The Balaban J connectivity index is 2.02. The van der Waals surface area contributed by atoms with Crippen LogP contribution in [0.2, 0.25) is 0 Å². The van der Waals surface area contributed by atoms with E-state index in [4.69, 9.17) is 4.74 Å². The van der Waals surface area contributed by atoms with Crippen molar-refractivity contribution in [1.29, 1.82) is 0 Å². The zero-order valence-electron chi connectivity index (χ0n) is 11.5. The molecule has 1 fully saturated rings. The molecule has 2 rings (SSSR count). The molecule has 98 valence electrons. The molecule has 0 aromatic heterocycles. The zero-order chi connectivity index (χ0) is 13.2. The predicted molar refractivity (Wildman–Crippen MR) is 73.1 cm³/mol. The number of ketones is 1. The van der Waals surface area contributed by atoms with Gasteiger partial charge in [0.15, 0.2) is 5.78 Å². The highest BCUT2D eigenvalue weighted by Gasteiger charge is 2.23. The van der Waals surface area contributed by atoms with Gasteiger partial charge in [0.25, 0.3) is 0 Å². The Bertz CT molecular complexity index is 413. The molecule has 2 heteroatoms. The molecular formula is C16H22O2. The number of carbonyl (C=O) groups excluding carboxylic acids is 1. The lowest BCUT2D eigenvalue weighted by Crippen LogP contribution is -2.26. The lowest BCUT2D eigenvalue weighted by molar-refractivity contribution is 0.0172. The minimum absolute atomic E-state index is 0.155. The van der Waals surface area contributed by atoms with Crippen molar-refractivity contribution in [2.45, 2.75) is 51.0 Å². The van der Waals surface area contributed by atoms with Crippen LogP contribution in [-0.2, 0) is 4.74 Å². The van der Waals surface area contributed by atoms with Crippen LogP contribution in [0.15, 0.2) is 24.3 Å². The highest BCUT2D eigenvalue weighted by molar-refractivity contribution is 5.96. The van der Waals surface area contributed by atoms with Crippen LogP contribution in [0.4, 0.5) is 0 Å². The summed E-state index contributed by atoms with van der Waals surface area (Å²) in [4.78, 5) is 12.1. The molecule has 0 unspecified atom stereocenters. The third-order valence-corrected chi connectivity index (χ3v) is 3.95. The summed E-state index contributed by atoms with van der Waals surface area (Å²) < 4.78 is 5.30. The van der Waals surface area contributed by atoms with E-state index in [0.29, 0.717) is 6.42 Å². The number of carbonyl (C=O) groups is 1. The molecule has 18 heavy (non-hydrogen) atoms. The van der Waals surface area contributed by atoms with E-state index in [9.17, 15) is 4.79 Å². The van der Waals surface area contributed by atoms with Crippen molar-refractivity contribution in [3.63, 3.8) is 0 Å². The molecule has 0 heterocycles. The van der Waals surface area contributed by atoms with Crippen molar-refractivity contribution in [2.24, 2.45) is 0 Å². The molecule has 1 aromatic rings. The topological polar surface area (TPSA) is 26.3 Å². The summed E-state index contributed by atoms with van der Waals surface area (Å²) in [7, 11) is 1.65. The van der Waals surface area contributed by atoms with E-state index in [1.807, 2.05) is 26.0 Å². The lowest BCUT2D eigenvalue weighted by atomic mass is 9.80. The lowest BCUT2D eigenvalue weighted by Gasteiger charge is -2.26. The average Bonchev–Trinajstić information content (AvgIpc) is 2.27. The van der Waals surface area contributed by atoms with Crippen molar-refractivity contribution < 1.29 is 9.53 Å². The van der Waals surface area contributed by atoms with Crippen molar-refractivity contribution in [1.82, 2.24) is 0 Å². The van der Waals surface area contributed by atoms with Gasteiger partial charge in [0.2, 0.25) is 0 Å². The van der Waals surface area contributed by atoms with E-state index < -0.39 is 0 Å². The minimum atomic E-state index is -0.385. The van der Waals surface area contributed by atoms with Gasteiger partial charge in [-0.1, -0.05) is 30.7 Å². The first-order valence-corrected chi connectivity index (χ1v) is 6.70. The van der Waals surface area contributed by atoms with Gasteiger partial charge in [0.05, 0.1) is 5.60 Å². The third kappa shape index (κ3) is 2.99. The Morgan fingerprint density at radius 2 is 1.89 bits per heavy atom. The number of rotatable bonds is 5. The van der Waals surface area contributed by atoms with Gasteiger partial charge in [0, 0.05) is 19.1 Å². The fourth-order valence-corrected chi connectivity index (χ4v) is 2.24. The van der Waals surface area contributed by atoms with Crippen LogP contribution in [0.1, 0.15) is 61.4 Å². The summed E-state index contributed by atoms with van der Waals surface area (Å²) in [6.45, 7) is 3.88. The number of hydrogen-bond donors (Lipinski definition) is 0. The predicted octanol–water partition coefficient (Wildman–Crippen LogP) is 3.95. The second kappa shape index (κ2) is 5.23. The molecule has 0 spiro atoms. The second-order valence-corrected chi connectivity index (χ2v) is 5.81. The third-order valence-electron chi connectivity index (χ3n) is 3.95. The van der Waals surface area contributed by atoms with Gasteiger partial charge < -0.3 is 4.74 Å². The van der Waals surface area contributed by atoms with Crippen LogP contribution in [0.5, 0.6) is 0 Å². The molecule has 1 aliphatic carbocycles. The SMILES string of the molecule is COC(C)(C)CC(=O)c1ccc(C2CCC2)cc1. The Hall–Kier alpha value is -1.15. The smallest absolute Gasteiger partial charge is 0.165 e. The summed E-state index contributed by atoms with van der Waals surface area (Å²) >= 11 is 0. The van der Waals surface area contributed by atoms with Crippen molar-refractivity contribution in [3.05, 3.63) is 35.4 Å². The molecule has 0 N–H and O–H groups in total. The van der Waals surface area contributed by atoms with Crippen LogP contribution in [0.3, 0.4) is 0 Å². The molecule has 2 nitrogen and oxygen atoms in total. The van der Waals surface area contributed by atoms with Gasteiger partial charge in [-0.25, -0.2) is 0 Å². The molecule has 1 aliphatic rings. The van der Waals surface area contributed by atoms with Crippen LogP contribution < -0.4 is 0 Å². The monoisotopic (exact) mass is 246 g/mol. The second-order valence-electron chi connectivity index (χ2n) is 5.81. The molecular weight excluding hydrogens is 224 g/mol. The number of benzene rings is 1. The summed E-state index contributed by atoms with van der Waals surface area (Å²) in [6, 6.07) is 8.14. The molecule has 0 saturated heterocycles. The van der Waals surface area contributed by atoms with Crippen molar-refractivity contribution in [2.75, 3.05) is 7.11 Å². The van der Waals surface area contributed by atoms with E-state index in [0.717, 1.165) is 11.5 Å². The summed E-state index contributed by atoms with van der Waals surface area (Å²) in [5.74, 6) is 0.881. The minimum Gasteiger partial charge on any atom is -0.378 e. The first-order chi connectivity index (χ1) is 8.52. The Morgan fingerprint density at radius 1 is 1.28 bits per heavy atom. The molecule has 0 bridgehead atoms. The maximum Gasteiger partial charge on any atom is 0.165 e. The van der Waals surface area contributed by atoms with Gasteiger partial charge in [0.1, 0.15) is 0 Å². The van der Waals surface area contributed by atoms with E-state index in [1.165, 1.54) is 24.8 Å². The summed E-state index contributed by atoms with van der Waals surface area (Å²) in [5.41, 5.74) is 1.79. The number of methoxy groups -OCH3 is 1. The first kappa shape index (κ1) is 13.3. The molecule has 0 atom stereocenters. The standard InChI is InChI=1S/C16H22O2/c1-16(2,18-3)11-15(17)14-9-7-13(8-10-14)12-5-4-6-12/h7-10,12H,4-6,11H2,1-3H3. The molecule has 1 aromatic carbocycles. The van der Waals surface area contributed by atoms with Crippen molar-refractivity contribution >= 4 is 5.78 Å². The average molecular weight is 246 g/mol. The Morgan fingerprint density at radius 3 is 2.33 bits per heavy atom. The Kier molecular flexibility index (Phi) is 3.86. The number of Topliss-reactive ketones (excluding diaryl/α,β-unsaturated/α-hetero) is 1. The quantitative estimate of drug-likeness (QED) is 0.735. The molecule has 0 amide bonds. The van der Waals surface area contributed by atoms with Crippen molar-refractivity contribution in [3.8, 4) is 0 Å². The summed E-state index contributed by atoms with van der Waals surface area (Å²) in [6.07, 6.45) is 4.35. The molecule has 0 radical (unpaired) electrons. The molecule has 1 saturated carbocycles. The van der Waals surface area contributed by atoms with E-state index >= 15 is 0 Å². The number of hydrogen-bond acceptors (Lipinski definition) is 2. The highest BCUT2D eigenvalue weighted by Crippen LogP contribution is 2.36. The normalized spacial score (nSPS) is 16.4. The van der Waals surface area contributed by atoms with E-state index in [2.05, 4.69) is 12.1 Å². The van der Waals surface area contributed by atoms with Crippen LogP contribution in [-0.4, -0.2) is 18.5 Å². The first-order valence-electron chi connectivity index (χ1n) is 6.70. The Labute approximate surface area is 109 Å². The van der Waals surface area contributed by atoms with Gasteiger partial charge in [-0.3, -0.25) is 4.79 Å². The summed E-state index contributed by atoms with van der Waals surface area (Å²) in [5, 5.41) is 0. The maximum absolute atomic E-state index is 12.1. The van der Waals surface area contributed by atoms with Gasteiger partial charge in [-0.15, -0.1) is 0 Å². The van der Waals surface area contributed by atoms with E-state index in [-0.39, 0.29) is 11.4 Å².